The lowest BCUT2D eigenvalue weighted by molar-refractivity contribution is 0.669. The second-order valence-corrected chi connectivity index (χ2v) is 7.60. The molecular weight excluding hydrogens is 380 g/mol. The van der Waals surface area contributed by atoms with Gasteiger partial charge in [-0.25, -0.2) is 0 Å². The van der Waals surface area contributed by atoms with Crippen molar-refractivity contribution < 1.29 is 4.42 Å². The van der Waals surface area contributed by atoms with Crippen LogP contribution in [0.1, 0.15) is 5.56 Å². The Balaban J connectivity index is 1.64. The van der Waals surface area contributed by atoms with Crippen LogP contribution in [-0.4, -0.2) is 4.98 Å². The van der Waals surface area contributed by atoms with Gasteiger partial charge in [0.15, 0.2) is 0 Å². The lowest BCUT2D eigenvalue weighted by Crippen LogP contribution is -1.83. The molecule has 6 rings (SSSR count). The van der Waals surface area contributed by atoms with Gasteiger partial charge in [0.2, 0.25) is 0 Å². The fourth-order valence-corrected chi connectivity index (χ4v) is 4.33. The van der Waals surface area contributed by atoms with Crippen molar-refractivity contribution in [2.75, 3.05) is 0 Å². The topological polar surface area (TPSA) is 49.8 Å². The minimum Gasteiger partial charge on any atom is -0.456 e. The fraction of sp³-hybridized carbons (Fsp3) is 0. The minimum atomic E-state index is 0.542. The number of nitrogens with zero attached hydrogens (tertiary/aromatic N) is 2. The minimum absolute atomic E-state index is 0.542. The van der Waals surface area contributed by atoms with E-state index in [0.29, 0.717) is 5.56 Å². The van der Waals surface area contributed by atoms with Gasteiger partial charge in [0.05, 0.1) is 5.56 Å². The first-order valence-corrected chi connectivity index (χ1v) is 10.1. The number of hydrogen-bond donors (Lipinski definition) is 0. The molecule has 0 N–H and O–H groups in total. The third-order valence-electron chi connectivity index (χ3n) is 5.76. The average Bonchev–Trinajstić information content (AvgIpc) is 3.22. The van der Waals surface area contributed by atoms with Crippen LogP contribution in [0.4, 0.5) is 0 Å². The van der Waals surface area contributed by atoms with E-state index in [2.05, 4.69) is 77.8 Å². The van der Waals surface area contributed by atoms with E-state index in [1.807, 2.05) is 18.2 Å². The van der Waals surface area contributed by atoms with E-state index in [4.69, 9.17) is 4.42 Å². The normalized spacial score (nSPS) is 11.2. The maximum absolute atomic E-state index is 9.19. The molecule has 3 heteroatoms. The lowest BCUT2D eigenvalue weighted by atomic mass is 9.94. The number of pyridine rings is 1. The van der Waals surface area contributed by atoms with Gasteiger partial charge in [-0.3, -0.25) is 4.98 Å². The highest BCUT2D eigenvalue weighted by Crippen LogP contribution is 2.40. The van der Waals surface area contributed by atoms with Crippen LogP contribution in [0.25, 0.3) is 55.0 Å². The van der Waals surface area contributed by atoms with E-state index in [-0.39, 0.29) is 0 Å². The Morgan fingerprint density at radius 1 is 0.645 bits per heavy atom. The molecule has 0 aliphatic rings. The van der Waals surface area contributed by atoms with Gasteiger partial charge >= 0.3 is 0 Å². The van der Waals surface area contributed by atoms with Crippen LogP contribution < -0.4 is 0 Å². The van der Waals surface area contributed by atoms with Gasteiger partial charge in [-0.15, -0.1) is 0 Å². The first kappa shape index (κ1) is 17.4. The molecule has 2 aromatic heterocycles. The Kier molecular flexibility index (Phi) is 3.84. The van der Waals surface area contributed by atoms with Crippen LogP contribution in [0.2, 0.25) is 0 Å². The highest BCUT2D eigenvalue weighted by atomic mass is 16.3. The summed E-state index contributed by atoms with van der Waals surface area (Å²) in [5.41, 5.74) is 6.44. The van der Waals surface area contributed by atoms with Crippen LogP contribution in [0, 0.1) is 11.3 Å². The number of aromatic nitrogens is 1. The van der Waals surface area contributed by atoms with Crippen molar-refractivity contribution in [1.82, 2.24) is 4.98 Å². The molecule has 144 valence electrons. The quantitative estimate of drug-likeness (QED) is 0.308. The molecule has 0 atom stereocenters. The largest absolute Gasteiger partial charge is 0.456 e. The van der Waals surface area contributed by atoms with Crippen LogP contribution in [0.5, 0.6) is 0 Å². The maximum Gasteiger partial charge on any atom is 0.136 e. The predicted molar refractivity (Wildman–Crippen MR) is 125 cm³/mol. The van der Waals surface area contributed by atoms with Gasteiger partial charge in [0.25, 0.3) is 0 Å². The lowest BCUT2D eigenvalue weighted by Gasteiger charge is -2.08. The molecule has 0 aliphatic heterocycles. The van der Waals surface area contributed by atoms with Crippen LogP contribution >= 0.6 is 0 Å². The van der Waals surface area contributed by atoms with Gasteiger partial charge in [-0.1, -0.05) is 60.7 Å². The fourth-order valence-electron chi connectivity index (χ4n) is 4.33. The van der Waals surface area contributed by atoms with Gasteiger partial charge in [0.1, 0.15) is 17.2 Å². The molecule has 2 heterocycles. The summed E-state index contributed by atoms with van der Waals surface area (Å²) >= 11 is 0. The predicted octanol–water partition coefficient (Wildman–Crippen LogP) is 7.34. The average molecular weight is 396 g/mol. The SMILES string of the molecule is N#Cc1cncc(-c2ccc3c(c2)oc2cc(-c4ccccc4)c4ccccc4c23)c1. The molecule has 0 radical (unpaired) electrons. The van der Waals surface area contributed by atoms with Crippen molar-refractivity contribution in [2.24, 2.45) is 0 Å². The van der Waals surface area contributed by atoms with E-state index in [1.54, 1.807) is 12.4 Å². The molecule has 0 spiro atoms. The summed E-state index contributed by atoms with van der Waals surface area (Å²) in [7, 11) is 0. The molecular formula is C28H16N2O. The molecule has 0 saturated carbocycles. The zero-order valence-corrected chi connectivity index (χ0v) is 16.5. The van der Waals surface area contributed by atoms with Crippen molar-refractivity contribution in [3.63, 3.8) is 0 Å². The number of furan rings is 1. The summed E-state index contributed by atoms with van der Waals surface area (Å²) in [6, 6.07) is 31.2. The van der Waals surface area contributed by atoms with Crippen molar-refractivity contribution in [3.8, 4) is 28.3 Å². The number of rotatable bonds is 2. The Bertz CT molecular complexity index is 1640. The monoisotopic (exact) mass is 396 g/mol. The van der Waals surface area contributed by atoms with Crippen LogP contribution in [0.15, 0.2) is 102 Å². The van der Waals surface area contributed by atoms with Crippen molar-refractivity contribution in [2.45, 2.75) is 0 Å². The molecule has 0 fully saturated rings. The number of fused-ring (bicyclic) bond motifs is 5. The van der Waals surface area contributed by atoms with E-state index in [1.165, 1.54) is 16.3 Å². The van der Waals surface area contributed by atoms with Crippen molar-refractivity contribution in [1.29, 1.82) is 5.26 Å². The van der Waals surface area contributed by atoms with Crippen LogP contribution in [0.3, 0.4) is 0 Å². The van der Waals surface area contributed by atoms with E-state index < -0.39 is 0 Å². The molecule has 4 aromatic carbocycles. The summed E-state index contributed by atoms with van der Waals surface area (Å²) in [4.78, 5) is 4.19. The number of nitriles is 1. The van der Waals surface area contributed by atoms with Crippen molar-refractivity contribution >= 4 is 32.7 Å². The second-order valence-electron chi connectivity index (χ2n) is 7.60. The Morgan fingerprint density at radius 2 is 1.45 bits per heavy atom. The highest BCUT2D eigenvalue weighted by molar-refractivity contribution is 6.22. The summed E-state index contributed by atoms with van der Waals surface area (Å²) in [5, 5.41) is 13.8. The van der Waals surface area contributed by atoms with Crippen molar-refractivity contribution in [3.05, 3.63) is 103 Å². The zero-order chi connectivity index (χ0) is 20.8. The van der Waals surface area contributed by atoms with E-state index in [9.17, 15) is 5.26 Å². The molecule has 0 amide bonds. The molecule has 31 heavy (non-hydrogen) atoms. The second kappa shape index (κ2) is 6.83. The standard InChI is InChI=1S/C28H16N2O/c29-15-18-12-21(17-30-16-18)20-10-11-24-26(13-20)31-27-14-25(19-6-2-1-3-7-19)22-8-4-5-9-23(22)28(24)27/h1-14,16-17H. The first-order chi connectivity index (χ1) is 15.3. The molecule has 0 aliphatic carbocycles. The molecule has 0 unspecified atom stereocenters. The van der Waals surface area contributed by atoms with Gasteiger partial charge in [-0.2, -0.15) is 5.26 Å². The summed E-state index contributed by atoms with van der Waals surface area (Å²) in [5.74, 6) is 0. The number of hydrogen-bond acceptors (Lipinski definition) is 3. The smallest absolute Gasteiger partial charge is 0.136 e. The highest BCUT2D eigenvalue weighted by Gasteiger charge is 2.15. The summed E-state index contributed by atoms with van der Waals surface area (Å²) < 4.78 is 6.36. The molecule has 0 bridgehead atoms. The molecule has 3 nitrogen and oxygen atoms in total. The van der Waals surface area contributed by atoms with Gasteiger partial charge in [0, 0.05) is 28.7 Å². The van der Waals surface area contributed by atoms with E-state index >= 15 is 0 Å². The Hall–Kier alpha value is -4.42. The summed E-state index contributed by atoms with van der Waals surface area (Å²) in [6.07, 6.45) is 3.34. The Labute approximate surface area is 178 Å². The molecule has 6 aromatic rings. The number of benzene rings is 4. The third-order valence-corrected chi connectivity index (χ3v) is 5.76. The first-order valence-electron chi connectivity index (χ1n) is 10.1. The molecule has 0 saturated heterocycles. The van der Waals surface area contributed by atoms with Gasteiger partial charge in [-0.05, 0) is 51.7 Å². The van der Waals surface area contributed by atoms with E-state index in [0.717, 1.165) is 38.6 Å². The third kappa shape index (κ3) is 2.78. The van der Waals surface area contributed by atoms with Crippen LogP contribution in [-0.2, 0) is 0 Å². The maximum atomic E-state index is 9.19. The Morgan fingerprint density at radius 3 is 2.29 bits per heavy atom. The van der Waals surface area contributed by atoms with Gasteiger partial charge < -0.3 is 4.42 Å². The summed E-state index contributed by atoms with van der Waals surface area (Å²) in [6.45, 7) is 0. The zero-order valence-electron chi connectivity index (χ0n) is 16.5.